The third kappa shape index (κ3) is 6.68. The van der Waals surface area contributed by atoms with Crippen LogP contribution in [-0.4, -0.2) is 29.9 Å². The molecule has 0 aliphatic heterocycles. The fraction of sp³-hybridized carbons (Fsp3) is 0.167. The highest BCUT2D eigenvalue weighted by Crippen LogP contribution is 2.22. The number of hydrogen-bond donors (Lipinski definition) is 2. The molecule has 2 amide bonds. The van der Waals surface area contributed by atoms with Gasteiger partial charge in [0.05, 0.1) is 11.5 Å². The van der Waals surface area contributed by atoms with Crippen LogP contribution in [0.5, 0.6) is 5.75 Å². The van der Waals surface area contributed by atoms with Gasteiger partial charge in [-0.25, -0.2) is 5.43 Å². The Kier molecular flexibility index (Phi) is 7.03. The van der Waals surface area contributed by atoms with E-state index in [1.165, 1.54) is 18.0 Å². The highest BCUT2D eigenvalue weighted by atomic mass is 32.2. The van der Waals surface area contributed by atoms with Gasteiger partial charge in [0.15, 0.2) is 6.61 Å². The number of amides is 2. The minimum Gasteiger partial charge on any atom is -0.484 e. The number of ether oxygens (including phenoxy) is 1. The summed E-state index contributed by atoms with van der Waals surface area (Å²) in [5.41, 5.74) is 8.32. The molecular formula is C18H19N3O3S. The molecule has 130 valence electrons. The highest BCUT2D eigenvalue weighted by molar-refractivity contribution is 8.00. The topological polar surface area (TPSA) is 93.8 Å². The lowest BCUT2D eigenvalue weighted by Crippen LogP contribution is -2.26. The van der Waals surface area contributed by atoms with Gasteiger partial charge in [0, 0.05) is 4.90 Å². The van der Waals surface area contributed by atoms with E-state index in [1.807, 2.05) is 37.3 Å². The van der Waals surface area contributed by atoms with E-state index in [9.17, 15) is 9.59 Å². The Bertz CT molecular complexity index is 733. The first kappa shape index (κ1) is 18.5. The normalized spacial score (nSPS) is 11.9. The van der Waals surface area contributed by atoms with Crippen LogP contribution in [0.15, 0.2) is 64.6 Å². The third-order valence-corrected chi connectivity index (χ3v) is 4.19. The molecule has 2 rings (SSSR count). The van der Waals surface area contributed by atoms with E-state index in [2.05, 4.69) is 10.5 Å². The Morgan fingerprint density at radius 3 is 2.52 bits per heavy atom. The van der Waals surface area contributed by atoms with Crippen LogP contribution in [0.1, 0.15) is 12.5 Å². The number of carbonyl (C=O) groups excluding carboxylic acids is 2. The maximum absolute atomic E-state index is 12.0. The average Bonchev–Trinajstić information content (AvgIpc) is 2.61. The molecule has 2 aromatic carbocycles. The predicted molar refractivity (Wildman–Crippen MR) is 98.6 cm³/mol. The number of hydrogen-bond acceptors (Lipinski definition) is 5. The molecule has 0 radical (unpaired) electrons. The molecule has 0 aromatic heterocycles. The van der Waals surface area contributed by atoms with Crippen LogP contribution in [0.2, 0.25) is 0 Å². The van der Waals surface area contributed by atoms with Crippen molar-refractivity contribution in [2.24, 2.45) is 10.8 Å². The van der Waals surface area contributed by atoms with Gasteiger partial charge in [-0.05, 0) is 48.9 Å². The molecule has 1 atom stereocenters. The van der Waals surface area contributed by atoms with Crippen molar-refractivity contribution in [1.82, 2.24) is 5.43 Å². The third-order valence-electron chi connectivity index (χ3n) is 3.07. The molecule has 0 aliphatic rings. The summed E-state index contributed by atoms with van der Waals surface area (Å²) in [5, 5.41) is 3.70. The van der Waals surface area contributed by atoms with Crippen LogP contribution in [-0.2, 0) is 9.59 Å². The standard InChI is InChI=1S/C18H19N3O3S/c1-13(25-16-5-3-2-4-6-16)18(23)21-20-11-14-7-9-15(10-8-14)24-12-17(19)22/h2-11,13H,12H2,1H3,(H2,19,22)(H,21,23)/b20-11-/t13-/m1/s1. The SMILES string of the molecule is C[C@@H](Sc1ccccc1)C(=O)N/N=C\c1ccc(OCC(N)=O)cc1. The van der Waals surface area contributed by atoms with Crippen molar-refractivity contribution in [1.29, 1.82) is 0 Å². The van der Waals surface area contributed by atoms with Gasteiger partial charge in [0.25, 0.3) is 11.8 Å². The summed E-state index contributed by atoms with van der Waals surface area (Å²) in [6.45, 7) is 1.66. The number of benzene rings is 2. The summed E-state index contributed by atoms with van der Waals surface area (Å²) < 4.78 is 5.16. The molecule has 0 bridgehead atoms. The van der Waals surface area contributed by atoms with Crippen molar-refractivity contribution < 1.29 is 14.3 Å². The molecule has 25 heavy (non-hydrogen) atoms. The van der Waals surface area contributed by atoms with E-state index >= 15 is 0 Å². The zero-order chi connectivity index (χ0) is 18.1. The minimum absolute atomic E-state index is 0.166. The minimum atomic E-state index is -0.532. The zero-order valence-electron chi connectivity index (χ0n) is 13.7. The first-order valence-electron chi connectivity index (χ1n) is 7.60. The second kappa shape index (κ2) is 9.48. The number of nitrogens with one attached hydrogen (secondary N) is 1. The summed E-state index contributed by atoms with van der Waals surface area (Å²) >= 11 is 1.47. The quantitative estimate of drug-likeness (QED) is 0.430. The zero-order valence-corrected chi connectivity index (χ0v) is 14.5. The number of primary amides is 1. The van der Waals surface area contributed by atoms with E-state index in [4.69, 9.17) is 10.5 Å². The fourth-order valence-corrected chi connectivity index (χ4v) is 2.70. The van der Waals surface area contributed by atoms with Crippen molar-refractivity contribution in [3.63, 3.8) is 0 Å². The van der Waals surface area contributed by atoms with E-state index in [0.29, 0.717) is 5.75 Å². The molecule has 7 heteroatoms. The van der Waals surface area contributed by atoms with E-state index in [1.54, 1.807) is 24.3 Å². The van der Waals surface area contributed by atoms with Crippen molar-refractivity contribution in [3.05, 3.63) is 60.2 Å². The van der Waals surface area contributed by atoms with Gasteiger partial charge in [-0.2, -0.15) is 5.10 Å². The van der Waals surface area contributed by atoms with Crippen LogP contribution >= 0.6 is 11.8 Å². The lowest BCUT2D eigenvalue weighted by molar-refractivity contribution is -0.120. The molecular weight excluding hydrogens is 338 g/mol. The molecule has 0 saturated carbocycles. The number of carbonyl (C=O) groups is 2. The van der Waals surface area contributed by atoms with Crippen LogP contribution in [0.3, 0.4) is 0 Å². The average molecular weight is 357 g/mol. The van der Waals surface area contributed by atoms with Gasteiger partial charge in [0.2, 0.25) is 0 Å². The van der Waals surface area contributed by atoms with Gasteiger partial charge in [-0.15, -0.1) is 11.8 Å². The molecule has 0 heterocycles. The van der Waals surface area contributed by atoms with Crippen molar-refractivity contribution in [2.75, 3.05) is 6.61 Å². The van der Waals surface area contributed by atoms with Gasteiger partial charge >= 0.3 is 0 Å². The van der Waals surface area contributed by atoms with Crippen LogP contribution in [0, 0.1) is 0 Å². The molecule has 0 aliphatic carbocycles. The Balaban J connectivity index is 1.81. The summed E-state index contributed by atoms with van der Waals surface area (Å²) in [6, 6.07) is 16.6. The van der Waals surface area contributed by atoms with Gasteiger partial charge < -0.3 is 10.5 Å². The maximum atomic E-state index is 12.0. The second-order valence-electron chi connectivity index (χ2n) is 5.13. The summed E-state index contributed by atoms with van der Waals surface area (Å²) in [4.78, 5) is 23.7. The molecule has 0 spiro atoms. The van der Waals surface area contributed by atoms with Crippen molar-refractivity contribution >= 4 is 29.8 Å². The van der Waals surface area contributed by atoms with Gasteiger partial charge in [-0.1, -0.05) is 18.2 Å². The van der Waals surface area contributed by atoms with Crippen LogP contribution < -0.4 is 15.9 Å². The first-order valence-corrected chi connectivity index (χ1v) is 8.48. The summed E-state index contributed by atoms with van der Waals surface area (Å²) in [7, 11) is 0. The smallest absolute Gasteiger partial charge is 0.255 e. The molecule has 0 unspecified atom stereocenters. The summed E-state index contributed by atoms with van der Waals surface area (Å²) in [6.07, 6.45) is 1.54. The number of nitrogens with zero attached hydrogens (tertiary/aromatic N) is 1. The van der Waals surface area contributed by atoms with Crippen LogP contribution in [0.4, 0.5) is 0 Å². The Hall–Kier alpha value is -2.80. The van der Waals surface area contributed by atoms with Crippen molar-refractivity contribution in [2.45, 2.75) is 17.1 Å². The number of thioether (sulfide) groups is 1. The lowest BCUT2D eigenvalue weighted by Gasteiger charge is -2.09. The Labute approximate surface area is 150 Å². The molecule has 2 aromatic rings. The van der Waals surface area contributed by atoms with E-state index in [0.717, 1.165) is 10.5 Å². The molecule has 3 N–H and O–H groups in total. The summed E-state index contributed by atoms with van der Waals surface area (Å²) in [5.74, 6) is -0.171. The predicted octanol–water partition coefficient (Wildman–Crippen LogP) is 2.18. The Morgan fingerprint density at radius 2 is 1.88 bits per heavy atom. The monoisotopic (exact) mass is 357 g/mol. The van der Waals surface area contributed by atoms with Crippen LogP contribution in [0.25, 0.3) is 0 Å². The van der Waals surface area contributed by atoms with Crippen molar-refractivity contribution in [3.8, 4) is 5.75 Å². The number of nitrogens with two attached hydrogens (primary N) is 1. The molecule has 0 saturated heterocycles. The molecule has 0 fully saturated rings. The second-order valence-corrected chi connectivity index (χ2v) is 6.55. The fourth-order valence-electron chi connectivity index (χ4n) is 1.82. The largest absolute Gasteiger partial charge is 0.484 e. The van der Waals surface area contributed by atoms with E-state index in [-0.39, 0.29) is 17.8 Å². The van der Waals surface area contributed by atoms with Gasteiger partial charge in [-0.3, -0.25) is 9.59 Å². The van der Waals surface area contributed by atoms with E-state index < -0.39 is 5.91 Å². The molecule has 6 nitrogen and oxygen atoms in total. The number of rotatable bonds is 8. The number of hydrazone groups is 1. The van der Waals surface area contributed by atoms with Gasteiger partial charge in [0.1, 0.15) is 5.75 Å². The first-order chi connectivity index (χ1) is 12.0. The lowest BCUT2D eigenvalue weighted by atomic mass is 10.2. The Morgan fingerprint density at radius 1 is 1.20 bits per heavy atom. The highest BCUT2D eigenvalue weighted by Gasteiger charge is 2.13. The maximum Gasteiger partial charge on any atom is 0.255 e.